The molecule has 1 saturated carbocycles. The van der Waals surface area contributed by atoms with Crippen LogP contribution in [0.2, 0.25) is 0 Å². The van der Waals surface area contributed by atoms with E-state index in [0.29, 0.717) is 17.8 Å². The van der Waals surface area contributed by atoms with Gasteiger partial charge < -0.3 is 5.11 Å². The maximum Gasteiger partial charge on any atom is 0.0750 e. The van der Waals surface area contributed by atoms with Gasteiger partial charge in [0, 0.05) is 0 Å². The summed E-state index contributed by atoms with van der Waals surface area (Å²) in [5.41, 5.74) is 1.03. The van der Waals surface area contributed by atoms with Crippen molar-refractivity contribution < 1.29 is 5.11 Å². The van der Waals surface area contributed by atoms with Gasteiger partial charge in [0.25, 0.3) is 0 Å². The van der Waals surface area contributed by atoms with E-state index in [-0.39, 0.29) is 6.10 Å². The van der Waals surface area contributed by atoms with E-state index in [1.54, 1.807) is 0 Å². The Morgan fingerprint density at radius 3 is 2.58 bits per heavy atom. The number of hydrogen-bond donors (Lipinski definition) is 1. The highest BCUT2D eigenvalue weighted by Crippen LogP contribution is 2.36. The molecule has 0 saturated heterocycles. The van der Waals surface area contributed by atoms with Crippen molar-refractivity contribution in [2.75, 3.05) is 0 Å². The smallest absolute Gasteiger partial charge is 0.0750 e. The molecule has 0 radical (unpaired) electrons. The van der Waals surface area contributed by atoms with Crippen molar-refractivity contribution >= 4 is 0 Å². The molecular weight excluding hydrogens is 148 g/mol. The lowest BCUT2D eigenvalue weighted by Gasteiger charge is -2.36. The molecule has 0 aromatic rings. The summed E-state index contributed by atoms with van der Waals surface area (Å²) in [5.74, 6) is 2.05. The molecule has 0 aromatic heterocycles. The van der Waals surface area contributed by atoms with Crippen molar-refractivity contribution in [3.05, 3.63) is 12.2 Å². The molecule has 1 aliphatic carbocycles. The highest BCUT2D eigenvalue weighted by atomic mass is 16.3. The van der Waals surface area contributed by atoms with E-state index in [9.17, 15) is 5.11 Å². The fourth-order valence-corrected chi connectivity index (χ4v) is 2.29. The summed E-state index contributed by atoms with van der Waals surface area (Å²) in [6.45, 7) is 10.6. The van der Waals surface area contributed by atoms with Crippen molar-refractivity contribution in [3.63, 3.8) is 0 Å². The Balaban J connectivity index is 2.61. The fourth-order valence-electron chi connectivity index (χ4n) is 2.29. The average molecular weight is 168 g/mol. The van der Waals surface area contributed by atoms with E-state index in [2.05, 4.69) is 27.4 Å². The molecule has 3 atom stereocenters. The summed E-state index contributed by atoms with van der Waals surface area (Å²) in [6, 6.07) is 0. The van der Waals surface area contributed by atoms with Crippen LogP contribution in [0, 0.1) is 17.8 Å². The topological polar surface area (TPSA) is 20.2 Å². The largest absolute Gasteiger partial charge is 0.389 e. The van der Waals surface area contributed by atoms with Crippen LogP contribution in [0.25, 0.3) is 0 Å². The van der Waals surface area contributed by atoms with Gasteiger partial charge in [0.15, 0.2) is 0 Å². The maximum atomic E-state index is 9.62. The van der Waals surface area contributed by atoms with E-state index in [1.807, 2.05) is 0 Å². The Hall–Kier alpha value is -0.300. The highest BCUT2D eigenvalue weighted by molar-refractivity contribution is 5.07. The zero-order valence-electron chi connectivity index (χ0n) is 8.38. The van der Waals surface area contributed by atoms with Gasteiger partial charge in [-0.05, 0) is 36.2 Å². The van der Waals surface area contributed by atoms with Crippen molar-refractivity contribution in [3.8, 4) is 0 Å². The first-order valence-electron chi connectivity index (χ1n) is 4.88. The first-order valence-corrected chi connectivity index (χ1v) is 4.88. The minimum Gasteiger partial charge on any atom is -0.389 e. The van der Waals surface area contributed by atoms with E-state index in [4.69, 9.17) is 0 Å². The molecule has 0 aromatic carbocycles. The number of rotatable bonds is 1. The molecule has 70 valence electrons. The van der Waals surface area contributed by atoms with Gasteiger partial charge in [-0.2, -0.15) is 0 Å². The van der Waals surface area contributed by atoms with E-state index >= 15 is 0 Å². The summed E-state index contributed by atoms with van der Waals surface area (Å²) in [4.78, 5) is 0. The summed E-state index contributed by atoms with van der Waals surface area (Å²) in [5, 5.41) is 9.62. The lowest BCUT2D eigenvalue weighted by Crippen LogP contribution is -2.31. The second kappa shape index (κ2) is 3.61. The van der Waals surface area contributed by atoms with Gasteiger partial charge in [-0.3, -0.25) is 0 Å². The summed E-state index contributed by atoms with van der Waals surface area (Å²) in [7, 11) is 0. The predicted octanol–water partition coefficient (Wildman–Crippen LogP) is 2.61. The van der Waals surface area contributed by atoms with Gasteiger partial charge in [-0.15, -0.1) is 0 Å². The SMILES string of the molecule is C=C1CC(C)C(C(C)C)CC1O. The van der Waals surface area contributed by atoms with E-state index in [1.165, 1.54) is 0 Å². The standard InChI is InChI=1S/C11H20O/c1-7(2)10-6-11(12)9(4)5-8(10)3/h7-8,10-12H,4-6H2,1-3H3. The van der Waals surface area contributed by atoms with Gasteiger partial charge in [-0.1, -0.05) is 27.4 Å². The molecule has 3 unspecified atom stereocenters. The van der Waals surface area contributed by atoms with Crippen LogP contribution in [0.1, 0.15) is 33.6 Å². The fraction of sp³-hybridized carbons (Fsp3) is 0.818. The van der Waals surface area contributed by atoms with E-state index in [0.717, 1.165) is 18.4 Å². The number of hydrogen-bond acceptors (Lipinski definition) is 1. The van der Waals surface area contributed by atoms with Gasteiger partial charge in [0.2, 0.25) is 0 Å². The molecular formula is C11H20O. The van der Waals surface area contributed by atoms with Crippen LogP contribution in [-0.2, 0) is 0 Å². The first kappa shape index (κ1) is 9.79. The van der Waals surface area contributed by atoms with Crippen molar-refractivity contribution in [2.45, 2.75) is 39.7 Å². The Labute approximate surface area is 75.5 Å². The van der Waals surface area contributed by atoms with Gasteiger partial charge in [0.1, 0.15) is 0 Å². The Morgan fingerprint density at radius 1 is 1.50 bits per heavy atom. The minimum absolute atomic E-state index is 0.242. The van der Waals surface area contributed by atoms with Crippen molar-refractivity contribution in [1.29, 1.82) is 0 Å². The lowest BCUT2D eigenvalue weighted by molar-refractivity contribution is 0.0987. The van der Waals surface area contributed by atoms with Gasteiger partial charge in [0.05, 0.1) is 6.10 Å². The van der Waals surface area contributed by atoms with Crippen LogP contribution in [0.4, 0.5) is 0 Å². The third-order valence-corrected chi connectivity index (χ3v) is 3.14. The van der Waals surface area contributed by atoms with Crippen LogP contribution in [-0.4, -0.2) is 11.2 Å². The Bertz CT molecular complexity index is 172. The number of aliphatic hydroxyl groups excluding tert-OH is 1. The second-order valence-electron chi connectivity index (χ2n) is 4.50. The quantitative estimate of drug-likeness (QED) is 0.597. The third-order valence-electron chi connectivity index (χ3n) is 3.14. The molecule has 12 heavy (non-hydrogen) atoms. The summed E-state index contributed by atoms with van der Waals surface area (Å²) < 4.78 is 0. The van der Waals surface area contributed by atoms with Gasteiger partial charge in [-0.25, -0.2) is 0 Å². The second-order valence-corrected chi connectivity index (χ2v) is 4.50. The Morgan fingerprint density at radius 2 is 2.08 bits per heavy atom. The summed E-state index contributed by atoms with van der Waals surface area (Å²) >= 11 is 0. The highest BCUT2D eigenvalue weighted by Gasteiger charge is 2.30. The predicted molar refractivity (Wildman–Crippen MR) is 51.9 cm³/mol. The third kappa shape index (κ3) is 1.89. The van der Waals surface area contributed by atoms with Crippen molar-refractivity contribution in [1.82, 2.24) is 0 Å². The molecule has 0 spiro atoms. The zero-order chi connectivity index (χ0) is 9.30. The van der Waals surface area contributed by atoms with E-state index < -0.39 is 0 Å². The zero-order valence-corrected chi connectivity index (χ0v) is 8.38. The van der Waals surface area contributed by atoms with Crippen LogP contribution >= 0.6 is 0 Å². The normalized spacial score (nSPS) is 37.4. The molecule has 1 rings (SSSR count). The van der Waals surface area contributed by atoms with Crippen LogP contribution in [0.15, 0.2) is 12.2 Å². The lowest BCUT2D eigenvalue weighted by atomic mass is 9.72. The molecule has 0 bridgehead atoms. The first-order chi connectivity index (χ1) is 5.52. The maximum absolute atomic E-state index is 9.62. The molecule has 1 N–H and O–H groups in total. The molecule has 1 heteroatoms. The number of aliphatic hydroxyl groups is 1. The van der Waals surface area contributed by atoms with Gasteiger partial charge >= 0.3 is 0 Å². The molecule has 0 heterocycles. The molecule has 0 amide bonds. The molecule has 1 aliphatic rings. The minimum atomic E-state index is -0.242. The Kier molecular flexibility index (Phi) is 2.94. The monoisotopic (exact) mass is 168 g/mol. The molecule has 0 aliphatic heterocycles. The summed E-state index contributed by atoms with van der Waals surface area (Å²) in [6.07, 6.45) is 1.68. The van der Waals surface area contributed by atoms with Crippen molar-refractivity contribution in [2.24, 2.45) is 17.8 Å². The van der Waals surface area contributed by atoms with Crippen LogP contribution in [0.3, 0.4) is 0 Å². The van der Waals surface area contributed by atoms with Crippen LogP contribution < -0.4 is 0 Å². The molecule has 1 nitrogen and oxygen atoms in total. The molecule has 1 fully saturated rings. The average Bonchev–Trinajstić information content (AvgIpc) is 1.96. The van der Waals surface area contributed by atoms with Crippen LogP contribution in [0.5, 0.6) is 0 Å².